The Morgan fingerprint density at radius 3 is 2.02 bits per heavy atom. The number of esters is 1. The van der Waals surface area contributed by atoms with Gasteiger partial charge in [-0.2, -0.15) is 0 Å². The Hall–Kier alpha value is -6.08. The molecule has 0 saturated heterocycles. The van der Waals surface area contributed by atoms with Crippen molar-refractivity contribution in [1.82, 2.24) is 10.6 Å². The van der Waals surface area contributed by atoms with E-state index in [1.807, 2.05) is 78.9 Å². The maximum Gasteiger partial charge on any atom is 0.338 e. The third-order valence-electron chi connectivity index (χ3n) is 11.2. The van der Waals surface area contributed by atoms with E-state index in [2.05, 4.69) is 58.3 Å². The van der Waals surface area contributed by atoms with Crippen LogP contribution in [0.2, 0.25) is 0 Å². The van der Waals surface area contributed by atoms with Crippen molar-refractivity contribution in [2.75, 3.05) is 13.1 Å². The predicted molar refractivity (Wildman–Crippen MR) is 247 cm³/mol. The van der Waals surface area contributed by atoms with Crippen LogP contribution in [0.25, 0.3) is 32.7 Å². The summed E-state index contributed by atoms with van der Waals surface area (Å²) < 4.78 is 5.53. The van der Waals surface area contributed by atoms with Gasteiger partial charge in [0.25, 0.3) is 0 Å². The fraction of sp³-hybridized carbons (Fsp3) is 0.333. The molecule has 0 bridgehead atoms. The number of fused-ring (bicyclic) bond motifs is 3. The van der Waals surface area contributed by atoms with Crippen molar-refractivity contribution in [2.24, 2.45) is 23.3 Å². The number of quaternary nitrogens is 1. The van der Waals surface area contributed by atoms with Crippen LogP contribution >= 0.6 is 0 Å². The number of ketones is 2. The number of guanidine groups is 1. The van der Waals surface area contributed by atoms with Crippen molar-refractivity contribution in [1.29, 1.82) is 0 Å². The van der Waals surface area contributed by atoms with Gasteiger partial charge in [-0.25, -0.2) is 4.79 Å². The highest BCUT2D eigenvalue weighted by Crippen LogP contribution is 2.35. The number of unbranched alkanes of at least 4 members (excludes halogenated alkanes) is 1. The summed E-state index contributed by atoms with van der Waals surface area (Å²) in [6.07, 6.45) is 4.08. The summed E-state index contributed by atoms with van der Waals surface area (Å²) in [6, 6.07) is 34.2. The molecule has 12 nitrogen and oxygen atoms in total. The number of hydrogen-bond donors (Lipinski definition) is 6. The van der Waals surface area contributed by atoms with Crippen molar-refractivity contribution < 1.29 is 64.2 Å². The zero-order chi connectivity index (χ0) is 45.1. The Labute approximate surface area is 394 Å². The number of halogens is 2. The Bertz CT molecular complexity index is 2390. The van der Waals surface area contributed by atoms with Gasteiger partial charge >= 0.3 is 11.9 Å². The number of nitrogens with one attached hydrogen (secondary N) is 3. The van der Waals surface area contributed by atoms with Gasteiger partial charge in [-0.3, -0.25) is 30.8 Å². The monoisotopic (exact) mass is 924 g/mol. The SMILES string of the molecule is C=CC[C@H](NC(=O)[C@@H](CCC[NH+]=C(N)N)CC(=O)[C@@H](CCCC[NH3+])NC(=O)[C@@H](CC(C)=O)Cc1ccc(-c2cc3ccccc3c3ccccc23)cc1)C(=O)OCc1ccccc1.[Cl-].[Cl-]. The summed E-state index contributed by atoms with van der Waals surface area (Å²) in [5.74, 6) is -3.58. The number of carbonyl (C=O) groups is 5. The molecule has 4 atom stereocenters. The number of hydrogen-bond acceptors (Lipinski definition) is 6. The summed E-state index contributed by atoms with van der Waals surface area (Å²) in [7, 11) is 0. The molecule has 0 heterocycles. The molecule has 0 aromatic heterocycles. The second-order valence-electron chi connectivity index (χ2n) is 16.2. The smallest absolute Gasteiger partial charge is 0.338 e. The first-order valence-corrected chi connectivity index (χ1v) is 21.8. The highest BCUT2D eigenvalue weighted by molar-refractivity contribution is 6.13. The lowest BCUT2D eigenvalue weighted by Gasteiger charge is -2.25. The molecule has 10 N–H and O–H groups in total. The summed E-state index contributed by atoms with van der Waals surface area (Å²) >= 11 is 0. The lowest BCUT2D eigenvalue weighted by atomic mass is 9.89. The molecular weight excluding hydrogens is 864 g/mol. The van der Waals surface area contributed by atoms with E-state index in [0.29, 0.717) is 32.4 Å². The van der Waals surface area contributed by atoms with Gasteiger partial charge in [-0.15, -0.1) is 6.58 Å². The molecule has 346 valence electrons. The van der Waals surface area contributed by atoms with E-state index in [0.717, 1.165) is 39.4 Å². The van der Waals surface area contributed by atoms with Crippen LogP contribution in [-0.4, -0.2) is 60.5 Å². The maximum absolute atomic E-state index is 14.2. The lowest BCUT2D eigenvalue weighted by molar-refractivity contribution is -0.459. The summed E-state index contributed by atoms with van der Waals surface area (Å²) in [4.78, 5) is 70.9. The van der Waals surface area contributed by atoms with Gasteiger partial charge in [0.1, 0.15) is 18.4 Å². The number of benzene rings is 5. The van der Waals surface area contributed by atoms with Gasteiger partial charge in [-0.1, -0.05) is 109 Å². The number of amides is 2. The zero-order valence-corrected chi connectivity index (χ0v) is 38.6. The number of rotatable bonds is 25. The summed E-state index contributed by atoms with van der Waals surface area (Å²) in [6.45, 7) is 6.23. The van der Waals surface area contributed by atoms with Crippen molar-refractivity contribution >= 4 is 56.9 Å². The first kappa shape index (κ1) is 53.3. The highest BCUT2D eigenvalue weighted by atomic mass is 35.5. The van der Waals surface area contributed by atoms with Gasteiger partial charge in [-0.05, 0) is 102 Å². The van der Waals surface area contributed by atoms with Gasteiger partial charge in [0.2, 0.25) is 11.8 Å². The third-order valence-corrected chi connectivity index (χ3v) is 11.2. The van der Waals surface area contributed by atoms with Crippen molar-refractivity contribution in [3.05, 3.63) is 133 Å². The summed E-state index contributed by atoms with van der Waals surface area (Å²) in [5, 5.41) is 10.4. The second-order valence-corrected chi connectivity index (χ2v) is 16.2. The van der Waals surface area contributed by atoms with E-state index in [4.69, 9.17) is 16.2 Å². The average molecular weight is 926 g/mol. The van der Waals surface area contributed by atoms with Crippen LogP contribution in [0.3, 0.4) is 0 Å². The normalized spacial score (nSPS) is 12.6. The zero-order valence-electron chi connectivity index (χ0n) is 37.0. The minimum absolute atomic E-state index is 0. The largest absolute Gasteiger partial charge is 1.00 e. The fourth-order valence-electron chi connectivity index (χ4n) is 7.92. The van der Waals surface area contributed by atoms with Crippen LogP contribution in [0.4, 0.5) is 0 Å². The molecular formula is C51H62Cl2N6O6. The molecule has 5 aromatic carbocycles. The Morgan fingerprint density at radius 2 is 1.35 bits per heavy atom. The molecule has 0 spiro atoms. The van der Waals surface area contributed by atoms with E-state index in [-0.39, 0.29) is 81.1 Å². The molecule has 14 heteroatoms. The van der Waals surface area contributed by atoms with Gasteiger partial charge < -0.3 is 50.7 Å². The maximum atomic E-state index is 14.2. The van der Waals surface area contributed by atoms with Gasteiger partial charge in [0.05, 0.1) is 19.1 Å². The molecule has 2 amide bonds. The van der Waals surface area contributed by atoms with Crippen LogP contribution in [0.15, 0.2) is 122 Å². The molecule has 0 aliphatic rings. The van der Waals surface area contributed by atoms with E-state index in [9.17, 15) is 24.0 Å². The second kappa shape index (κ2) is 27.3. The topological polar surface area (TPSA) is 212 Å². The van der Waals surface area contributed by atoms with Gasteiger partial charge in [0, 0.05) is 24.7 Å². The van der Waals surface area contributed by atoms with E-state index < -0.39 is 41.7 Å². The Balaban J connectivity index is 0.00000561. The third kappa shape index (κ3) is 16.1. The van der Waals surface area contributed by atoms with E-state index in [1.54, 1.807) is 0 Å². The Morgan fingerprint density at radius 1 is 0.723 bits per heavy atom. The quantitative estimate of drug-likeness (QED) is 0.00982. The number of carbonyl (C=O) groups excluding carboxylic acids is 5. The van der Waals surface area contributed by atoms with Crippen molar-refractivity contribution in [3.8, 4) is 11.1 Å². The minimum atomic E-state index is -1.02. The molecule has 0 aliphatic carbocycles. The number of Topliss-reactive ketones (excluding diaryl/α,β-unsaturated/α-hetero) is 2. The number of ether oxygens (including phenoxy) is 1. The van der Waals surface area contributed by atoms with Gasteiger partial charge in [0.15, 0.2) is 5.78 Å². The highest BCUT2D eigenvalue weighted by Gasteiger charge is 2.32. The van der Waals surface area contributed by atoms with Crippen LogP contribution in [0.1, 0.15) is 69.4 Å². The van der Waals surface area contributed by atoms with Crippen LogP contribution in [0.5, 0.6) is 0 Å². The number of nitrogens with two attached hydrogens (primary N) is 2. The van der Waals surface area contributed by atoms with Crippen LogP contribution in [-0.2, 0) is 41.7 Å². The first-order chi connectivity index (χ1) is 30.5. The molecule has 5 rings (SSSR count). The molecule has 0 radical (unpaired) electrons. The molecule has 0 fully saturated rings. The summed E-state index contributed by atoms with van der Waals surface area (Å²) in [5.41, 5.74) is 18.9. The molecule has 0 aliphatic heterocycles. The molecule has 0 saturated carbocycles. The molecule has 5 aromatic rings. The molecule has 65 heavy (non-hydrogen) atoms. The van der Waals surface area contributed by atoms with Crippen LogP contribution < -0.4 is 57.6 Å². The Kier molecular flexibility index (Phi) is 22.4. The first-order valence-electron chi connectivity index (χ1n) is 21.8. The average Bonchev–Trinajstić information content (AvgIpc) is 3.28. The predicted octanol–water partition coefficient (Wildman–Crippen LogP) is -1.78. The van der Waals surface area contributed by atoms with E-state index in [1.165, 1.54) is 23.8 Å². The molecule has 0 unspecified atom stereocenters. The van der Waals surface area contributed by atoms with Crippen LogP contribution in [0, 0.1) is 11.8 Å². The fourth-order valence-corrected chi connectivity index (χ4v) is 7.92. The lowest BCUT2D eigenvalue weighted by Crippen LogP contribution is -3.00. The minimum Gasteiger partial charge on any atom is -1.00 e. The van der Waals surface area contributed by atoms with Crippen molar-refractivity contribution in [3.63, 3.8) is 0 Å². The van der Waals surface area contributed by atoms with E-state index >= 15 is 0 Å². The standard InChI is InChI=1S/C51H60N6O6.2ClH/c1-3-14-46(50(62)63-33-36-15-5-4-6-16-36)57-48(60)39(18-13-28-55-51(53)54)32-47(59)45(22-11-12-27-52)56-49(61)40(29-34(2)58)30-35-23-25-37(26-24-35)44-31-38-17-7-8-19-41(38)42-20-9-10-21-43(42)44;;/h3-10,15-17,19-21,23-26,31,39-40,45-46H,1,11-14,18,22,27-30,32-33,52H2,2H3,(H,56,61)(H,57,60)(H4,53,54,55);2*1H/t39-,40-,45+,46-;;/m0../s1. The van der Waals surface area contributed by atoms with Crippen molar-refractivity contribution in [2.45, 2.75) is 83.4 Å².